The van der Waals surface area contributed by atoms with E-state index in [1.807, 2.05) is 24.3 Å². The highest BCUT2D eigenvalue weighted by molar-refractivity contribution is 5.92. The molecule has 3 nitrogen and oxygen atoms in total. The average molecular weight is 224 g/mol. The topological polar surface area (TPSA) is 52.0 Å². The van der Waals surface area contributed by atoms with Crippen molar-refractivity contribution in [1.29, 1.82) is 0 Å². The van der Waals surface area contributed by atoms with Crippen LogP contribution in [0, 0.1) is 6.92 Å². The number of aryl methyl sites for hydroxylation is 1. The molecular weight excluding hydrogens is 212 g/mol. The van der Waals surface area contributed by atoms with Gasteiger partial charge in [0.25, 0.3) is 0 Å². The van der Waals surface area contributed by atoms with E-state index in [0.717, 1.165) is 22.2 Å². The monoisotopic (exact) mass is 224 g/mol. The van der Waals surface area contributed by atoms with Crippen molar-refractivity contribution in [2.45, 2.75) is 6.92 Å². The highest BCUT2D eigenvalue weighted by Gasteiger charge is 2.09. The Kier molecular flexibility index (Phi) is 2.11. The minimum Gasteiger partial charge on any atom is -0.399 e. The molecule has 3 aromatic rings. The largest absolute Gasteiger partial charge is 0.399 e. The molecule has 0 saturated carbocycles. The van der Waals surface area contributed by atoms with Crippen molar-refractivity contribution in [1.82, 2.24) is 5.16 Å². The summed E-state index contributed by atoms with van der Waals surface area (Å²) in [6.07, 6.45) is 0. The van der Waals surface area contributed by atoms with Gasteiger partial charge in [-0.25, -0.2) is 0 Å². The van der Waals surface area contributed by atoms with Crippen molar-refractivity contribution in [3.05, 3.63) is 48.0 Å². The Bertz CT molecular complexity index is 668. The van der Waals surface area contributed by atoms with Gasteiger partial charge in [0.05, 0.1) is 0 Å². The molecule has 2 aromatic carbocycles. The first-order valence-electron chi connectivity index (χ1n) is 5.46. The molecule has 17 heavy (non-hydrogen) atoms. The molecule has 1 heterocycles. The van der Waals surface area contributed by atoms with Gasteiger partial charge in [-0.15, -0.1) is 0 Å². The summed E-state index contributed by atoms with van der Waals surface area (Å²) in [4.78, 5) is 0. The zero-order valence-corrected chi connectivity index (χ0v) is 9.47. The van der Waals surface area contributed by atoms with Crippen molar-refractivity contribution in [3.63, 3.8) is 0 Å². The van der Waals surface area contributed by atoms with Crippen molar-refractivity contribution in [2.75, 3.05) is 5.73 Å². The Hall–Kier alpha value is -2.29. The molecule has 0 aliphatic rings. The molecule has 0 saturated heterocycles. The molecule has 3 heteroatoms. The second-order valence-corrected chi connectivity index (χ2v) is 4.15. The first kappa shape index (κ1) is 9.90. The predicted octanol–water partition coefficient (Wildman–Crippen LogP) is 3.39. The molecule has 3 rings (SSSR count). The number of nitrogens with two attached hydrogens (primary N) is 1. The van der Waals surface area contributed by atoms with Gasteiger partial charge in [0.2, 0.25) is 0 Å². The van der Waals surface area contributed by atoms with Gasteiger partial charge < -0.3 is 10.3 Å². The summed E-state index contributed by atoms with van der Waals surface area (Å²) in [5.74, 6) is 0. The Labute approximate surface area is 98.8 Å². The molecule has 0 unspecified atom stereocenters. The van der Waals surface area contributed by atoms with Crippen LogP contribution < -0.4 is 5.73 Å². The first-order valence-corrected chi connectivity index (χ1v) is 5.46. The van der Waals surface area contributed by atoms with Crippen LogP contribution >= 0.6 is 0 Å². The van der Waals surface area contributed by atoms with E-state index >= 15 is 0 Å². The normalized spacial score (nSPS) is 10.9. The number of hydrogen-bond donors (Lipinski definition) is 1. The average Bonchev–Trinajstić information content (AvgIpc) is 2.73. The minimum absolute atomic E-state index is 0.684. The molecule has 0 radical (unpaired) electrons. The number of anilines is 1. The van der Waals surface area contributed by atoms with Gasteiger partial charge >= 0.3 is 0 Å². The second-order valence-electron chi connectivity index (χ2n) is 4.15. The molecule has 84 valence electrons. The van der Waals surface area contributed by atoms with Gasteiger partial charge in [0.15, 0.2) is 5.58 Å². The van der Waals surface area contributed by atoms with Crippen molar-refractivity contribution < 1.29 is 4.52 Å². The maximum absolute atomic E-state index is 5.70. The maximum Gasteiger partial charge on any atom is 0.169 e. The number of fused-ring (bicyclic) bond motifs is 1. The number of benzene rings is 2. The van der Waals surface area contributed by atoms with Gasteiger partial charge in [0, 0.05) is 22.7 Å². The van der Waals surface area contributed by atoms with E-state index < -0.39 is 0 Å². The van der Waals surface area contributed by atoms with E-state index in [0.29, 0.717) is 5.69 Å². The summed E-state index contributed by atoms with van der Waals surface area (Å²) in [5, 5.41) is 5.09. The van der Waals surface area contributed by atoms with Crippen LogP contribution in [0.3, 0.4) is 0 Å². The fourth-order valence-electron chi connectivity index (χ4n) is 1.87. The molecular formula is C14H12N2O. The summed E-state index contributed by atoms with van der Waals surface area (Å²) < 4.78 is 5.28. The molecule has 2 N–H and O–H groups in total. The van der Waals surface area contributed by atoms with Gasteiger partial charge in [-0.2, -0.15) is 0 Å². The smallest absolute Gasteiger partial charge is 0.169 e. The van der Waals surface area contributed by atoms with Crippen LogP contribution in [0.2, 0.25) is 0 Å². The van der Waals surface area contributed by atoms with Crippen LogP contribution in [0.4, 0.5) is 5.69 Å². The zero-order valence-electron chi connectivity index (χ0n) is 9.47. The van der Waals surface area contributed by atoms with Gasteiger partial charge in [-0.3, -0.25) is 0 Å². The van der Waals surface area contributed by atoms with E-state index in [1.54, 1.807) is 6.07 Å². The molecule has 0 bridgehead atoms. The Morgan fingerprint density at radius 1 is 1.06 bits per heavy atom. The van der Waals surface area contributed by atoms with E-state index in [2.05, 4.69) is 24.2 Å². The summed E-state index contributed by atoms with van der Waals surface area (Å²) in [6.45, 7) is 2.06. The standard InChI is InChI=1S/C14H12N2O/c1-9-2-4-10(5-3-9)14-12-7-6-11(15)8-13(12)17-16-14/h2-8H,15H2,1H3. The summed E-state index contributed by atoms with van der Waals surface area (Å²) >= 11 is 0. The summed E-state index contributed by atoms with van der Waals surface area (Å²) in [7, 11) is 0. The third-order valence-corrected chi connectivity index (χ3v) is 2.82. The van der Waals surface area contributed by atoms with Crippen LogP contribution in [-0.4, -0.2) is 5.16 Å². The summed E-state index contributed by atoms with van der Waals surface area (Å²) in [6, 6.07) is 13.8. The number of aromatic nitrogens is 1. The molecule has 0 fully saturated rings. The van der Waals surface area contributed by atoms with Crippen LogP contribution in [0.5, 0.6) is 0 Å². The van der Waals surface area contributed by atoms with E-state index in [4.69, 9.17) is 10.3 Å². The third-order valence-electron chi connectivity index (χ3n) is 2.82. The molecule has 0 aliphatic heterocycles. The van der Waals surface area contributed by atoms with Crippen LogP contribution in [-0.2, 0) is 0 Å². The molecule has 0 aliphatic carbocycles. The highest BCUT2D eigenvalue weighted by Crippen LogP contribution is 2.29. The summed E-state index contributed by atoms with van der Waals surface area (Å²) in [5.41, 5.74) is 10.3. The number of hydrogen-bond acceptors (Lipinski definition) is 3. The van der Waals surface area contributed by atoms with E-state index in [9.17, 15) is 0 Å². The fourth-order valence-corrected chi connectivity index (χ4v) is 1.87. The van der Waals surface area contributed by atoms with Crippen LogP contribution in [0.15, 0.2) is 47.0 Å². The van der Waals surface area contributed by atoms with Crippen LogP contribution in [0.1, 0.15) is 5.56 Å². The molecule has 0 amide bonds. The van der Waals surface area contributed by atoms with Gasteiger partial charge in [-0.05, 0) is 19.1 Å². The predicted molar refractivity (Wildman–Crippen MR) is 68.6 cm³/mol. The highest BCUT2D eigenvalue weighted by atomic mass is 16.5. The minimum atomic E-state index is 0.684. The zero-order chi connectivity index (χ0) is 11.8. The molecule has 0 atom stereocenters. The van der Waals surface area contributed by atoms with E-state index in [-0.39, 0.29) is 0 Å². The van der Waals surface area contributed by atoms with Crippen molar-refractivity contribution >= 4 is 16.7 Å². The Balaban J connectivity index is 2.21. The lowest BCUT2D eigenvalue weighted by atomic mass is 10.1. The number of rotatable bonds is 1. The fraction of sp³-hybridized carbons (Fsp3) is 0.0714. The van der Waals surface area contributed by atoms with E-state index in [1.165, 1.54) is 5.56 Å². The second kappa shape index (κ2) is 3.63. The van der Waals surface area contributed by atoms with Crippen molar-refractivity contribution in [2.24, 2.45) is 0 Å². The molecule has 1 aromatic heterocycles. The lowest BCUT2D eigenvalue weighted by Crippen LogP contribution is -1.82. The number of nitrogens with zero attached hydrogens (tertiary/aromatic N) is 1. The quantitative estimate of drug-likeness (QED) is 0.644. The van der Waals surface area contributed by atoms with Gasteiger partial charge in [-0.1, -0.05) is 35.0 Å². The lowest BCUT2D eigenvalue weighted by Gasteiger charge is -1.97. The first-order chi connectivity index (χ1) is 8.24. The Morgan fingerprint density at radius 2 is 1.82 bits per heavy atom. The van der Waals surface area contributed by atoms with Crippen molar-refractivity contribution in [3.8, 4) is 11.3 Å². The lowest BCUT2D eigenvalue weighted by molar-refractivity contribution is 0.459. The molecule has 0 spiro atoms. The third kappa shape index (κ3) is 1.65. The SMILES string of the molecule is Cc1ccc(-c2noc3cc(N)ccc23)cc1. The number of nitrogen functional groups attached to an aromatic ring is 1. The Morgan fingerprint density at radius 3 is 2.59 bits per heavy atom. The maximum atomic E-state index is 5.70. The van der Waals surface area contributed by atoms with Gasteiger partial charge in [0.1, 0.15) is 5.69 Å². The van der Waals surface area contributed by atoms with Crippen LogP contribution in [0.25, 0.3) is 22.2 Å².